The van der Waals surface area contributed by atoms with Crippen LogP contribution in [0.1, 0.15) is 24.4 Å². The van der Waals surface area contributed by atoms with E-state index in [9.17, 15) is 5.11 Å². The van der Waals surface area contributed by atoms with Crippen molar-refractivity contribution in [3.05, 3.63) is 41.4 Å². The summed E-state index contributed by atoms with van der Waals surface area (Å²) in [7, 11) is 0. The predicted molar refractivity (Wildman–Crippen MR) is 94.2 cm³/mol. The monoisotopic (exact) mass is 352 g/mol. The highest BCUT2D eigenvalue weighted by molar-refractivity contribution is 6.32. The molecule has 0 bridgehead atoms. The highest BCUT2D eigenvalue weighted by atomic mass is 35.5. The zero-order chi connectivity index (χ0) is 13.7. The third kappa shape index (κ3) is 5.68. The average Bonchev–Trinajstić information content (AvgIpc) is 2.44. The summed E-state index contributed by atoms with van der Waals surface area (Å²) in [6, 6.07) is 5.88. The van der Waals surface area contributed by atoms with Crippen LogP contribution in [0.4, 0.5) is 0 Å². The molecule has 1 aromatic rings. The average molecular weight is 354 g/mol. The Labute approximate surface area is 144 Å². The molecule has 0 aromatic heterocycles. The minimum Gasteiger partial charge on any atom is -0.506 e. The Kier molecular flexibility index (Phi) is 10.1. The maximum atomic E-state index is 9.54. The summed E-state index contributed by atoms with van der Waals surface area (Å²) >= 11 is 6.03. The Bertz CT molecular complexity index is 437. The van der Waals surface area contributed by atoms with Gasteiger partial charge in [0, 0.05) is 32.2 Å². The number of rotatable bonds is 5. The minimum atomic E-state index is 0. The molecule has 0 radical (unpaired) electrons. The second kappa shape index (κ2) is 10.3. The molecule has 1 aliphatic heterocycles. The fourth-order valence-corrected chi connectivity index (χ4v) is 2.75. The molecule has 1 saturated heterocycles. The molecule has 0 aliphatic carbocycles. The van der Waals surface area contributed by atoms with E-state index in [0.717, 1.165) is 39.0 Å². The molecular weight excluding hydrogens is 331 g/mol. The van der Waals surface area contributed by atoms with E-state index in [4.69, 9.17) is 11.6 Å². The van der Waals surface area contributed by atoms with Gasteiger partial charge in [0.25, 0.3) is 0 Å². The number of halogens is 3. The van der Waals surface area contributed by atoms with Crippen molar-refractivity contribution in [1.29, 1.82) is 0 Å². The number of phenolic OH excluding ortho intramolecular Hbond substituents is 1. The van der Waals surface area contributed by atoms with Gasteiger partial charge in [-0.1, -0.05) is 23.7 Å². The lowest BCUT2D eigenvalue weighted by Gasteiger charge is -2.35. The van der Waals surface area contributed by atoms with E-state index >= 15 is 0 Å². The molecule has 21 heavy (non-hydrogen) atoms. The van der Waals surface area contributed by atoms with Gasteiger partial charge in [0.15, 0.2) is 0 Å². The van der Waals surface area contributed by atoms with Crippen LogP contribution < -0.4 is 5.32 Å². The molecule has 1 aromatic carbocycles. The van der Waals surface area contributed by atoms with Gasteiger partial charge in [-0.25, -0.2) is 0 Å². The van der Waals surface area contributed by atoms with Crippen molar-refractivity contribution in [3.8, 4) is 5.75 Å². The number of benzene rings is 1. The normalized spacial score (nSPS) is 16.4. The summed E-state index contributed by atoms with van der Waals surface area (Å²) in [5.41, 5.74) is 1.17. The fourth-order valence-electron chi connectivity index (χ4n) is 2.56. The molecule has 2 rings (SSSR count). The number of nitrogens with zero attached hydrogens (tertiary/aromatic N) is 1. The molecule has 120 valence electrons. The number of piperazine rings is 1. The fraction of sp³-hybridized carbons (Fsp3) is 0.467. The van der Waals surface area contributed by atoms with Crippen LogP contribution in [0, 0.1) is 0 Å². The number of aromatic hydroxyl groups is 1. The third-order valence-corrected chi connectivity index (χ3v) is 3.90. The minimum absolute atomic E-state index is 0. The molecule has 1 heterocycles. The number of nitrogens with one attached hydrogen (secondary N) is 1. The smallest absolute Gasteiger partial charge is 0.134 e. The lowest BCUT2D eigenvalue weighted by atomic mass is 9.99. The molecular formula is C15H23Cl3N2O. The van der Waals surface area contributed by atoms with Crippen LogP contribution in [0.2, 0.25) is 5.02 Å². The molecule has 0 spiro atoms. The van der Waals surface area contributed by atoms with Crippen LogP contribution in [0.3, 0.4) is 0 Å². The maximum absolute atomic E-state index is 9.54. The second-order valence-corrected chi connectivity index (χ2v) is 5.29. The Balaban J connectivity index is 0.00000200. The standard InChI is InChI=1S/C15H21ClN2O.2ClH/c1-2-3-4-14(18-9-7-17-8-10-18)12-5-6-15(19)13(16)11-12;;/h2,5-6,11,14,17,19H,1,3-4,7-10H2;2*1H/t14-;;/m0../s1. The zero-order valence-corrected chi connectivity index (χ0v) is 14.3. The summed E-state index contributed by atoms with van der Waals surface area (Å²) in [6.07, 6.45) is 3.97. The topological polar surface area (TPSA) is 35.5 Å². The first-order valence-corrected chi connectivity index (χ1v) is 7.14. The van der Waals surface area contributed by atoms with E-state index in [2.05, 4.69) is 16.8 Å². The summed E-state index contributed by atoms with van der Waals surface area (Å²) in [6.45, 7) is 7.94. The largest absolute Gasteiger partial charge is 0.506 e. The maximum Gasteiger partial charge on any atom is 0.134 e. The van der Waals surface area contributed by atoms with Gasteiger partial charge in [-0.05, 0) is 30.5 Å². The van der Waals surface area contributed by atoms with Gasteiger partial charge in [-0.3, -0.25) is 4.90 Å². The van der Waals surface area contributed by atoms with Gasteiger partial charge >= 0.3 is 0 Å². The molecule has 2 N–H and O–H groups in total. The Hall–Kier alpha value is -0.450. The van der Waals surface area contributed by atoms with E-state index in [-0.39, 0.29) is 30.6 Å². The summed E-state index contributed by atoms with van der Waals surface area (Å²) < 4.78 is 0. The van der Waals surface area contributed by atoms with Crippen molar-refractivity contribution in [2.45, 2.75) is 18.9 Å². The molecule has 0 amide bonds. The van der Waals surface area contributed by atoms with Crippen LogP contribution in [-0.2, 0) is 0 Å². The summed E-state index contributed by atoms with van der Waals surface area (Å²) in [4.78, 5) is 2.47. The lowest BCUT2D eigenvalue weighted by molar-refractivity contribution is 0.166. The van der Waals surface area contributed by atoms with Crippen LogP contribution in [0.25, 0.3) is 0 Å². The SMILES string of the molecule is C=CCC[C@@H](c1ccc(O)c(Cl)c1)N1CCNCC1.Cl.Cl. The molecule has 1 atom stereocenters. The molecule has 1 aliphatic rings. The Morgan fingerprint density at radius 1 is 1.33 bits per heavy atom. The Morgan fingerprint density at radius 2 is 2.00 bits per heavy atom. The predicted octanol–water partition coefficient (Wildman–Crippen LogP) is 3.80. The number of allylic oxidation sites excluding steroid dienone is 1. The van der Waals surface area contributed by atoms with Gasteiger partial charge < -0.3 is 10.4 Å². The summed E-state index contributed by atoms with van der Waals surface area (Å²) in [5.74, 6) is 0.146. The first-order chi connectivity index (χ1) is 9.22. The van der Waals surface area contributed by atoms with Gasteiger partial charge in [-0.15, -0.1) is 31.4 Å². The van der Waals surface area contributed by atoms with Crippen molar-refractivity contribution in [3.63, 3.8) is 0 Å². The van der Waals surface area contributed by atoms with Gasteiger partial charge in [0.1, 0.15) is 5.75 Å². The van der Waals surface area contributed by atoms with Crippen LogP contribution in [0.15, 0.2) is 30.9 Å². The Morgan fingerprint density at radius 3 is 2.57 bits per heavy atom. The molecule has 1 fully saturated rings. The molecule has 0 saturated carbocycles. The van der Waals surface area contributed by atoms with Crippen molar-refractivity contribution < 1.29 is 5.11 Å². The van der Waals surface area contributed by atoms with Crippen molar-refractivity contribution >= 4 is 36.4 Å². The molecule has 0 unspecified atom stereocenters. The zero-order valence-electron chi connectivity index (χ0n) is 11.9. The lowest BCUT2D eigenvalue weighted by Crippen LogP contribution is -2.45. The van der Waals surface area contributed by atoms with Crippen LogP contribution in [-0.4, -0.2) is 36.2 Å². The van der Waals surface area contributed by atoms with Crippen LogP contribution >= 0.6 is 36.4 Å². The number of hydrogen-bond acceptors (Lipinski definition) is 3. The summed E-state index contributed by atoms with van der Waals surface area (Å²) in [5, 5.41) is 13.3. The van der Waals surface area contributed by atoms with E-state index in [1.807, 2.05) is 18.2 Å². The van der Waals surface area contributed by atoms with E-state index in [1.54, 1.807) is 6.07 Å². The van der Waals surface area contributed by atoms with E-state index in [1.165, 1.54) is 5.56 Å². The van der Waals surface area contributed by atoms with Gasteiger partial charge in [0.2, 0.25) is 0 Å². The van der Waals surface area contributed by atoms with E-state index < -0.39 is 0 Å². The molecule has 6 heteroatoms. The van der Waals surface area contributed by atoms with Crippen molar-refractivity contribution in [2.75, 3.05) is 26.2 Å². The first kappa shape index (κ1) is 20.6. The highest BCUT2D eigenvalue weighted by Crippen LogP contribution is 2.31. The number of phenols is 1. The quantitative estimate of drug-likeness (QED) is 0.790. The third-order valence-electron chi connectivity index (χ3n) is 3.59. The second-order valence-electron chi connectivity index (χ2n) is 4.88. The van der Waals surface area contributed by atoms with Gasteiger partial charge in [-0.2, -0.15) is 0 Å². The van der Waals surface area contributed by atoms with Gasteiger partial charge in [0.05, 0.1) is 5.02 Å². The van der Waals surface area contributed by atoms with E-state index in [0.29, 0.717) is 11.1 Å². The number of hydrogen-bond donors (Lipinski definition) is 2. The molecule has 3 nitrogen and oxygen atoms in total. The van der Waals surface area contributed by atoms with Crippen LogP contribution in [0.5, 0.6) is 5.75 Å². The highest BCUT2D eigenvalue weighted by Gasteiger charge is 2.22. The van der Waals surface area contributed by atoms with Crippen molar-refractivity contribution in [2.24, 2.45) is 0 Å². The van der Waals surface area contributed by atoms with Crippen molar-refractivity contribution in [1.82, 2.24) is 10.2 Å². The first-order valence-electron chi connectivity index (χ1n) is 6.76.